The van der Waals surface area contributed by atoms with Crippen LogP contribution >= 0.6 is 23.2 Å². The number of hydrogen-bond donors (Lipinski definition) is 1. The highest BCUT2D eigenvalue weighted by molar-refractivity contribution is 6.42. The van der Waals surface area contributed by atoms with Crippen molar-refractivity contribution in [2.75, 3.05) is 0 Å². The van der Waals surface area contributed by atoms with E-state index < -0.39 is 12.4 Å². The van der Waals surface area contributed by atoms with Gasteiger partial charge in [0.2, 0.25) is 0 Å². The van der Waals surface area contributed by atoms with Gasteiger partial charge in [0.1, 0.15) is 0 Å². The minimum absolute atomic E-state index is 0.0575. The van der Waals surface area contributed by atoms with Crippen LogP contribution in [0.5, 0.6) is 0 Å². The van der Waals surface area contributed by atoms with Crippen LogP contribution < -0.4 is 0 Å². The van der Waals surface area contributed by atoms with Gasteiger partial charge < -0.3 is 5.11 Å². The fraction of sp³-hybridized carbons (Fsp3) is 0.385. The van der Waals surface area contributed by atoms with Gasteiger partial charge in [-0.25, -0.2) is 0 Å². The van der Waals surface area contributed by atoms with Crippen LogP contribution in [0.1, 0.15) is 30.2 Å². The topological polar surface area (TPSA) is 25.2 Å². The Labute approximate surface area is 122 Å². The molecule has 0 saturated carbocycles. The molecule has 1 aliphatic rings. The Morgan fingerprint density at radius 3 is 2.50 bits per heavy atom. The van der Waals surface area contributed by atoms with E-state index >= 15 is 0 Å². The van der Waals surface area contributed by atoms with Crippen molar-refractivity contribution >= 4 is 34.1 Å². The van der Waals surface area contributed by atoms with E-state index in [1.165, 1.54) is 12.1 Å². The molecule has 2 aromatic rings. The standard InChI is InChI=1S/C13H10Cl2F3NO/c14-8-4-7-6-2-1-3-11(20)12(6)19(13(16,17)18)10(7)5-9(8)15/h4-5,11,20H,1-3H2/t11-/m0/s1. The highest BCUT2D eigenvalue weighted by Gasteiger charge is 2.39. The highest BCUT2D eigenvalue weighted by atomic mass is 35.5. The number of fused-ring (bicyclic) bond motifs is 3. The first kappa shape index (κ1) is 14.0. The Balaban J connectivity index is 2.45. The Kier molecular flexibility index (Phi) is 3.19. The average Bonchev–Trinajstić information content (AvgIpc) is 2.65. The normalized spacial score (nSPS) is 19.4. The van der Waals surface area contributed by atoms with E-state index in [2.05, 4.69) is 0 Å². The van der Waals surface area contributed by atoms with Crippen LogP contribution in [0.25, 0.3) is 10.9 Å². The first-order chi connectivity index (χ1) is 9.30. The fourth-order valence-corrected chi connectivity index (χ4v) is 3.18. The summed E-state index contributed by atoms with van der Waals surface area (Å²) in [5, 5.41) is 10.6. The van der Waals surface area contributed by atoms with E-state index in [1.807, 2.05) is 0 Å². The monoisotopic (exact) mass is 323 g/mol. The number of rotatable bonds is 0. The molecule has 0 fully saturated rings. The van der Waals surface area contributed by atoms with Gasteiger partial charge in [-0.3, -0.25) is 4.57 Å². The Morgan fingerprint density at radius 1 is 1.20 bits per heavy atom. The molecular formula is C13H10Cl2F3NO. The van der Waals surface area contributed by atoms with Crippen LogP contribution in [-0.4, -0.2) is 9.67 Å². The van der Waals surface area contributed by atoms with Crippen LogP contribution in [0.2, 0.25) is 10.0 Å². The molecule has 0 spiro atoms. The van der Waals surface area contributed by atoms with Gasteiger partial charge in [-0.2, -0.15) is 0 Å². The molecule has 2 nitrogen and oxygen atoms in total. The number of halogens is 5. The fourth-order valence-electron chi connectivity index (χ4n) is 2.86. The van der Waals surface area contributed by atoms with Crippen LogP contribution in [0.15, 0.2) is 12.1 Å². The number of alkyl halides is 3. The molecule has 1 aliphatic carbocycles. The van der Waals surface area contributed by atoms with E-state index in [0.717, 1.165) is 0 Å². The van der Waals surface area contributed by atoms with Crippen LogP contribution in [-0.2, 0) is 12.7 Å². The summed E-state index contributed by atoms with van der Waals surface area (Å²) < 4.78 is 40.2. The van der Waals surface area contributed by atoms with Crippen molar-refractivity contribution in [1.82, 2.24) is 4.57 Å². The predicted molar refractivity (Wildman–Crippen MR) is 71.2 cm³/mol. The summed E-state index contributed by atoms with van der Waals surface area (Å²) in [5.41, 5.74) is 0.365. The number of aliphatic hydroxyl groups is 1. The zero-order valence-corrected chi connectivity index (χ0v) is 11.6. The minimum Gasteiger partial charge on any atom is -0.387 e. The number of benzene rings is 1. The second-order valence-corrected chi connectivity index (χ2v) is 5.67. The molecule has 0 amide bonds. The summed E-state index contributed by atoms with van der Waals surface area (Å²) in [6.07, 6.45) is -4.28. The van der Waals surface area contributed by atoms with E-state index in [0.29, 0.717) is 30.2 Å². The Hall–Kier alpha value is -0.910. The van der Waals surface area contributed by atoms with Crippen molar-refractivity contribution in [2.45, 2.75) is 31.7 Å². The molecule has 3 rings (SSSR count). The first-order valence-corrected chi connectivity index (χ1v) is 6.84. The zero-order chi connectivity index (χ0) is 14.7. The summed E-state index contributed by atoms with van der Waals surface area (Å²) in [5.74, 6) is 0. The van der Waals surface area contributed by atoms with E-state index in [4.69, 9.17) is 23.2 Å². The molecule has 1 heterocycles. The SMILES string of the molecule is O[C@H]1CCCc2c1n(C(F)(F)F)c1cc(Cl)c(Cl)cc21. The maximum atomic E-state index is 13.3. The molecule has 0 saturated heterocycles. The van der Waals surface area contributed by atoms with Gasteiger partial charge in [-0.15, -0.1) is 13.2 Å². The summed E-state index contributed by atoms with van der Waals surface area (Å²) in [4.78, 5) is 0. The largest absolute Gasteiger partial charge is 0.489 e. The van der Waals surface area contributed by atoms with Gasteiger partial charge >= 0.3 is 6.30 Å². The molecular weight excluding hydrogens is 314 g/mol. The van der Waals surface area contributed by atoms with E-state index in [1.54, 1.807) is 0 Å². The number of aromatic nitrogens is 1. The third-order valence-electron chi connectivity index (χ3n) is 3.63. The summed E-state index contributed by atoms with van der Waals surface area (Å²) in [6, 6.07) is 2.65. The summed E-state index contributed by atoms with van der Waals surface area (Å²) >= 11 is 11.7. The summed E-state index contributed by atoms with van der Waals surface area (Å²) in [6.45, 7) is 0. The maximum absolute atomic E-state index is 13.3. The van der Waals surface area contributed by atoms with E-state index in [9.17, 15) is 18.3 Å². The lowest BCUT2D eigenvalue weighted by Crippen LogP contribution is -2.23. The molecule has 20 heavy (non-hydrogen) atoms. The number of aryl methyl sites for hydroxylation is 1. The lowest BCUT2D eigenvalue weighted by atomic mass is 9.93. The average molecular weight is 324 g/mol. The van der Waals surface area contributed by atoms with Crippen molar-refractivity contribution in [3.63, 3.8) is 0 Å². The zero-order valence-electron chi connectivity index (χ0n) is 10.1. The first-order valence-electron chi connectivity index (χ1n) is 6.08. The molecule has 0 bridgehead atoms. The van der Waals surface area contributed by atoms with Gasteiger partial charge in [0.15, 0.2) is 0 Å². The second-order valence-electron chi connectivity index (χ2n) is 4.86. The summed E-state index contributed by atoms with van der Waals surface area (Å²) in [7, 11) is 0. The van der Waals surface area contributed by atoms with Gasteiger partial charge in [0.25, 0.3) is 0 Å². The van der Waals surface area contributed by atoms with Crippen molar-refractivity contribution in [3.05, 3.63) is 33.4 Å². The van der Waals surface area contributed by atoms with Gasteiger partial charge in [-0.1, -0.05) is 23.2 Å². The molecule has 0 radical (unpaired) electrons. The molecule has 7 heteroatoms. The molecule has 1 atom stereocenters. The van der Waals surface area contributed by atoms with Crippen molar-refractivity contribution in [1.29, 1.82) is 0 Å². The minimum atomic E-state index is -4.61. The smallest absolute Gasteiger partial charge is 0.387 e. The van der Waals surface area contributed by atoms with Crippen molar-refractivity contribution in [3.8, 4) is 0 Å². The third-order valence-corrected chi connectivity index (χ3v) is 4.35. The Morgan fingerprint density at radius 2 is 1.85 bits per heavy atom. The van der Waals surface area contributed by atoms with Gasteiger partial charge in [-0.05, 0) is 37.0 Å². The van der Waals surface area contributed by atoms with Gasteiger partial charge in [0.05, 0.1) is 27.4 Å². The molecule has 1 aromatic carbocycles. The quantitative estimate of drug-likeness (QED) is 0.740. The van der Waals surface area contributed by atoms with Crippen LogP contribution in [0.4, 0.5) is 13.2 Å². The third kappa shape index (κ3) is 2.00. The molecule has 108 valence electrons. The molecule has 0 aliphatic heterocycles. The highest BCUT2D eigenvalue weighted by Crippen LogP contribution is 2.44. The lowest BCUT2D eigenvalue weighted by molar-refractivity contribution is -0.204. The Bertz CT molecular complexity index is 693. The van der Waals surface area contributed by atoms with Crippen LogP contribution in [0, 0.1) is 0 Å². The molecule has 1 aromatic heterocycles. The number of hydrogen-bond acceptors (Lipinski definition) is 1. The molecule has 1 N–H and O–H groups in total. The van der Waals surface area contributed by atoms with Gasteiger partial charge in [0, 0.05) is 5.39 Å². The number of aliphatic hydroxyl groups excluding tert-OH is 1. The van der Waals surface area contributed by atoms with Crippen molar-refractivity contribution in [2.24, 2.45) is 0 Å². The number of nitrogens with zero attached hydrogens (tertiary/aromatic N) is 1. The van der Waals surface area contributed by atoms with Crippen molar-refractivity contribution < 1.29 is 18.3 Å². The van der Waals surface area contributed by atoms with E-state index in [-0.39, 0.29) is 25.8 Å². The lowest BCUT2D eigenvalue weighted by Gasteiger charge is -2.22. The molecule has 0 unspecified atom stereocenters. The second kappa shape index (κ2) is 4.55. The predicted octanol–water partition coefficient (Wildman–Crippen LogP) is 4.79. The maximum Gasteiger partial charge on any atom is 0.489 e. The van der Waals surface area contributed by atoms with Crippen LogP contribution in [0.3, 0.4) is 0 Å².